The lowest BCUT2D eigenvalue weighted by Gasteiger charge is -2.07. The molecule has 1 saturated heterocycles. The third-order valence-corrected chi connectivity index (χ3v) is 2.34. The Labute approximate surface area is 80.3 Å². The Hall–Kier alpha value is -1.56. The van der Waals surface area contributed by atoms with Gasteiger partial charge in [-0.1, -0.05) is 0 Å². The maximum atomic E-state index is 10.7. The first kappa shape index (κ1) is 9.01. The second-order valence-electron chi connectivity index (χ2n) is 3.24. The molecule has 14 heavy (non-hydrogen) atoms. The van der Waals surface area contributed by atoms with Crippen LogP contribution in [-0.2, 0) is 4.74 Å². The van der Waals surface area contributed by atoms with Gasteiger partial charge >= 0.3 is 5.97 Å². The molecule has 6 nitrogen and oxygen atoms in total. The number of carbonyl (C=O) groups is 1. The molecule has 0 bridgehead atoms. The van der Waals surface area contributed by atoms with Gasteiger partial charge < -0.3 is 15.7 Å². The summed E-state index contributed by atoms with van der Waals surface area (Å²) >= 11 is 0. The Morgan fingerprint density at radius 2 is 2.57 bits per heavy atom. The predicted molar refractivity (Wildman–Crippen MR) is 47.5 cm³/mol. The highest BCUT2D eigenvalue weighted by molar-refractivity contribution is 5.85. The average molecular weight is 197 g/mol. The number of imidazole rings is 1. The highest BCUT2D eigenvalue weighted by atomic mass is 16.5. The van der Waals surface area contributed by atoms with Gasteiger partial charge in [-0.25, -0.2) is 14.5 Å². The van der Waals surface area contributed by atoms with Gasteiger partial charge in [-0.05, 0) is 6.42 Å². The van der Waals surface area contributed by atoms with Crippen molar-refractivity contribution < 1.29 is 14.6 Å². The van der Waals surface area contributed by atoms with Crippen molar-refractivity contribution in [3.8, 4) is 0 Å². The second-order valence-corrected chi connectivity index (χ2v) is 3.24. The monoisotopic (exact) mass is 197 g/mol. The number of hydrogen-bond acceptors (Lipinski definition) is 4. The summed E-state index contributed by atoms with van der Waals surface area (Å²) in [5.74, 6) is 5.24. The molecule has 2 rings (SSSR count). The lowest BCUT2D eigenvalue weighted by Crippen LogP contribution is -2.21. The fourth-order valence-corrected chi connectivity index (χ4v) is 1.57. The minimum atomic E-state index is -1.06. The van der Waals surface area contributed by atoms with Gasteiger partial charge in [-0.2, -0.15) is 0 Å². The third kappa shape index (κ3) is 1.33. The number of aromatic nitrogens is 2. The molecule has 1 unspecified atom stereocenters. The summed E-state index contributed by atoms with van der Waals surface area (Å²) in [6.07, 6.45) is 2.11. The van der Waals surface area contributed by atoms with Crippen molar-refractivity contribution in [2.75, 3.05) is 19.1 Å². The number of aromatic carboxylic acids is 1. The Morgan fingerprint density at radius 1 is 1.79 bits per heavy atom. The van der Waals surface area contributed by atoms with Crippen LogP contribution in [0, 0.1) is 0 Å². The molecule has 2 heterocycles. The minimum Gasteiger partial charge on any atom is -0.476 e. The van der Waals surface area contributed by atoms with Gasteiger partial charge in [0.1, 0.15) is 5.82 Å². The third-order valence-electron chi connectivity index (χ3n) is 2.34. The number of nitrogen functional groups attached to an aromatic ring is 1. The molecule has 1 aliphatic heterocycles. The van der Waals surface area contributed by atoms with Crippen LogP contribution in [0.2, 0.25) is 0 Å². The number of carboxylic acids is 1. The molecule has 0 aromatic carbocycles. The van der Waals surface area contributed by atoms with Gasteiger partial charge in [0.2, 0.25) is 0 Å². The molecular weight excluding hydrogens is 186 g/mol. The quantitative estimate of drug-likeness (QED) is 0.641. The fraction of sp³-hybridized carbons (Fsp3) is 0.500. The summed E-state index contributed by atoms with van der Waals surface area (Å²) in [4.78, 5) is 14.7. The van der Waals surface area contributed by atoms with Crippen molar-refractivity contribution in [2.24, 2.45) is 0 Å². The molecule has 0 spiro atoms. The molecule has 1 atom stereocenters. The molecule has 76 valence electrons. The summed E-state index contributed by atoms with van der Waals surface area (Å²) in [5, 5.41) is 8.75. The molecule has 1 aliphatic rings. The van der Waals surface area contributed by atoms with Crippen LogP contribution in [0.4, 0.5) is 0 Å². The van der Waals surface area contributed by atoms with Crippen molar-refractivity contribution >= 4 is 5.97 Å². The topological polar surface area (TPSA) is 90.4 Å². The summed E-state index contributed by atoms with van der Waals surface area (Å²) in [5.41, 5.74) is 0.00639. The van der Waals surface area contributed by atoms with Gasteiger partial charge in [0.05, 0.1) is 12.8 Å². The maximum absolute atomic E-state index is 10.7. The van der Waals surface area contributed by atoms with Gasteiger partial charge in [0.25, 0.3) is 0 Å². The molecule has 1 fully saturated rings. The standard InChI is InChI=1S/C8H11N3O3/c9-11-6(8(12)13)3-10-7(11)5-1-2-14-4-5/h3,5H,1-2,4,9H2,(H,12,13). The summed E-state index contributed by atoms with van der Waals surface area (Å²) in [6.45, 7) is 1.24. The smallest absolute Gasteiger partial charge is 0.356 e. The first-order valence-electron chi connectivity index (χ1n) is 4.34. The van der Waals surface area contributed by atoms with Crippen LogP contribution < -0.4 is 5.84 Å². The number of nitrogens with zero attached hydrogens (tertiary/aromatic N) is 2. The van der Waals surface area contributed by atoms with Gasteiger partial charge in [-0.3, -0.25) is 0 Å². The van der Waals surface area contributed by atoms with Crippen LogP contribution in [0.5, 0.6) is 0 Å². The van der Waals surface area contributed by atoms with Crippen molar-refractivity contribution in [1.82, 2.24) is 9.66 Å². The van der Waals surface area contributed by atoms with Crippen LogP contribution in [0.15, 0.2) is 6.20 Å². The Bertz CT molecular complexity index is 355. The van der Waals surface area contributed by atoms with E-state index in [1.807, 2.05) is 0 Å². The largest absolute Gasteiger partial charge is 0.476 e. The van der Waals surface area contributed by atoms with E-state index >= 15 is 0 Å². The zero-order valence-electron chi connectivity index (χ0n) is 7.51. The Kier molecular flexibility index (Phi) is 2.12. The van der Waals surface area contributed by atoms with Gasteiger partial charge in [0, 0.05) is 12.5 Å². The molecule has 3 N–H and O–H groups in total. The first-order chi connectivity index (χ1) is 6.70. The van der Waals surface area contributed by atoms with E-state index in [4.69, 9.17) is 15.7 Å². The number of ether oxygens (including phenoxy) is 1. The minimum absolute atomic E-state index is 0.00639. The van der Waals surface area contributed by atoms with Crippen molar-refractivity contribution in [3.05, 3.63) is 17.7 Å². The summed E-state index contributed by atoms with van der Waals surface area (Å²) < 4.78 is 6.31. The highest BCUT2D eigenvalue weighted by Gasteiger charge is 2.24. The molecule has 0 radical (unpaired) electrons. The van der Waals surface area contributed by atoms with Gasteiger partial charge in [-0.15, -0.1) is 0 Å². The van der Waals surface area contributed by atoms with E-state index < -0.39 is 5.97 Å². The first-order valence-corrected chi connectivity index (χ1v) is 4.34. The summed E-state index contributed by atoms with van der Waals surface area (Å²) in [7, 11) is 0. The molecule has 1 aromatic heterocycles. The highest BCUT2D eigenvalue weighted by Crippen LogP contribution is 2.23. The van der Waals surface area contributed by atoms with Crippen LogP contribution in [0.1, 0.15) is 28.7 Å². The molecule has 6 heteroatoms. The zero-order valence-corrected chi connectivity index (χ0v) is 7.51. The number of rotatable bonds is 2. The van der Waals surface area contributed by atoms with Crippen LogP contribution in [0.3, 0.4) is 0 Å². The van der Waals surface area contributed by atoms with Crippen molar-refractivity contribution in [3.63, 3.8) is 0 Å². The van der Waals surface area contributed by atoms with Crippen LogP contribution in [-0.4, -0.2) is 33.9 Å². The predicted octanol–water partition coefficient (Wildman–Crippen LogP) is -0.201. The van der Waals surface area contributed by atoms with E-state index in [0.717, 1.165) is 11.1 Å². The number of nitrogens with two attached hydrogens (primary N) is 1. The molecule has 0 amide bonds. The number of carboxylic acid groups (broad SMARTS) is 1. The van der Waals surface area contributed by atoms with E-state index in [2.05, 4.69) is 4.98 Å². The SMILES string of the molecule is Nn1c(C(=O)O)cnc1C1CCOC1. The fourth-order valence-electron chi connectivity index (χ4n) is 1.57. The molecular formula is C8H11N3O3. The van der Waals surface area contributed by atoms with E-state index in [1.165, 1.54) is 6.20 Å². The van der Waals surface area contributed by atoms with Crippen LogP contribution >= 0.6 is 0 Å². The Morgan fingerprint density at radius 3 is 3.07 bits per heavy atom. The maximum Gasteiger partial charge on any atom is 0.356 e. The van der Waals surface area contributed by atoms with E-state index in [1.54, 1.807) is 0 Å². The van der Waals surface area contributed by atoms with Crippen molar-refractivity contribution in [1.29, 1.82) is 0 Å². The average Bonchev–Trinajstić information content (AvgIpc) is 2.71. The second kappa shape index (κ2) is 3.30. The molecule has 0 saturated carbocycles. The number of hydrogen-bond donors (Lipinski definition) is 2. The lowest BCUT2D eigenvalue weighted by molar-refractivity contribution is 0.0687. The van der Waals surface area contributed by atoms with E-state index in [9.17, 15) is 4.79 Å². The normalized spacial score (nSPS) is 21.3. The zero-order chi connectivity index (χ0) is 10.1. The van der Waals surface area contributed by atoms with Crippen molar-refractivity contribution in [2.45, 2.75) is 12.3 Å². The van der Waals surface area contributed by atoms with Gasteiger partial charge in [0.15, 0.2) is 5.69 Å². The Balaban J connectivity index is 2.30. The lowest BCUT2D eigenvalue weighted by atomic mass is 10.1. The summed E-state index contributed by atoms with van der Waals surface area (Å²) in [6, 6.07) is 0. The van der Waals surface area contributed by atoms with Crippen LogP contribution in [0.25, 0.3) is 0 Å². The molecule has 0 aliphatic carbocycles. The van der Waals surface area contributed by atoms with E-state index in [0.29, 0.717) is 19.0 Å². The van der Waals surface area contributed by atoms with E-state index in [-0.39, 0.29) is 11.6 Å². The molecule has 1 aromatic rings.